The van der Waals surface area contributed by atoms with Gasteiger partial charge in [0, 0.05) is 18.4 Å². The van der Waals surface area contributed by atoms with Crippen molar-refractivity contribution in [3.05, 3.63) is 36.2 Å². The standard InChI is InChI=1S/C26H33F3N2O/c1-24-11-9-18(31-23(32)26(27,28)29)14-17(24)5-6-19-21-8-7-20(16-4-3-13-30-15-16)25(21,2)12-10-22(19)24/h3-4,7,13,15,17-19,21-22H,5-6,8-12,14H2,1-2H3,(H,31,32)/t17?,18-,19-,21-,22-,24-,25+/m0/s1. The number of halogens is 3. The molecule has 1 N–H and O–H groups in total. The van der Waals surface area contributed by atoms with E-state index >= 15 is 0 Å². The maximum atomic E-state index is 12.7. The molecule has 174 valence electrons. The highest BCUT2D eigenvalue weighted by Gasteiger charge is 2.59. The molecule has 1 heterocycles. The summed E-state index contributed by atoms with van der Waals surface area (Å²) in [7, 11) is 0. The number of aromatic nitrogens is 1. The molecule has 1 aromatic rings. The zero-order valence-electron chi connectivity index (χ0n) is 18.9. The smallest absolute Gasteiger partial charge is 0.346 e. The first-order chi connectivity index (χ1) is 15.1. The predicted octanol–water partition coefficient (Wildman–Crippen LogP) is 6.16. The Bertz CT molecular complexity index is 913. The molecule has 0 aromatic carbocycles. The van der Waals surface area contributed by atoms with E-state index in [1.807, 2.05) is 18.5 Å². The van der Waals surface area contributed by atoms with E-state index in [4.69, 9.17) is 0 Å². The monoisotopic (exact) mass is 446 g/mol. The van der Waals surface area contributed by atoms with Crippen LogP contribution in [-0.4, -0.2) is 23.1 Å². The van der Waals surface area contributed by atoms with Crippen molar-refractivity contribution in [3.63, 3.8) is 0 Å². The van der Waals surface area contributed by atoms with Gasteiger partial charge >= 0.3 is 12.1 Å². The third kappa shape index (κ3) is 3.40. The number of hydrogen-bond acceptors (Lipinski definition) is 2. The second-order valence-electron chi connectivity index (χ2n) is 11.2. The van der Waals surface area contributed by atoms with Crippen LogP contribution < -0.4 is 5.32 Å². The van der Waals surface area contributed by atoms with Crippen molar-refractivity contribution in [1.82, 2.24) is 10.3 Å². The number of nitrogens with zero attached hydrogens (tertiary/aromatic N) is 1. The molecule has 0 radical (unpaired) electrons. The van der Waals surface area contributed by atoms with Crippen molar-refractivity contribution in [3.8, 4) is 0 Å². The number of carbonyl (C=O) groups excluding carboxylic acids is 1. The van der Waals surface area contributed by atoms with E-state index in [1.54, 1.807) is 0 Å². The fourth-order valence-electron chi connectivity index (χ4n) is 8.19. The number of alkyl halides is 3. The normalized spacial score (nSPS) is 41.2. The van der Waals surface area contributed by atoms with Gasteiger partial charge in [-0.1, -0.05) is 26.0 Å². The van der Waals surface area contributed by atoms with Gasteiger partial charge in [-0.3, -0.25) is 9.78 Å². The largest absolute Gasteiger partial charge is 0.471 e. The van der Waals surface area contributed by atoms with Gasteiger partial charge < -0.3 is 5.32 Å². The average Bonchev–Trinajstić information content (AvgIpc) is 3.11. The summed E-state index contributed by atoms with van der Waals surface area (Å²) in [6, 6.07) is 3.84. The number of nitrogens with one attached hydrogen (secondary N) is 1. The van der Waals surface area contributed by atoms with Crippen LogP contribution in [0.3, 0.4) is 0 Å². The average molecular weight is 447 g/mol. The summed E-state index contributed by atoms with van der Waals surface area (Å²) in [5, 5.41) is 2.27. The van der Waals surface area contributed by atoms with Gasteiger partial charge in [0.25, 0.3) is 0 Å². The number of pyridine rings is 1. The predicted molar refractivity (Wildman–Crippen MR) is 117 cm³/mol. The second-order valence-corrected chi connectivity index (χ2v) is 11.2. The van der Waals surface area contributed by atoms with Crippen molar-refractivity contribution in [2.45, 2.75) is 77.4 Å². The molecule has 4 aliphatic rings. The Morgan fingerprint density at radius 2 is 1.94 bits per heavy atom. The number of allylic oxidation sites excluding steroid dienone is 2. The summed E-state index contributed by atoms with van der Waals surface area (Å²) in [5.74, 6) is 0.541. The molecular weight excluding hydrogens is 413 g/mol. The van der Waals surface area contributed by atoms with Crippen LogP contribution in [0.1, 0.15) is 70.8 Å². The van der Waals surface area contributed by atoms with E-state index in [0.717, 1.165) is 32.1 Å². The van der Waals surface area contributed by atoms with Gasteiger partial charge in [0.05, 0.1) is 0 Å². The van der Waals surface area contributed by atoms with E-state index in [9.17, 15) is 18.0 Å². The first-order valence-electron chi connectivity index (χ1n) is 12.1. The Balaban J connectivity index is 1.32. The highest BCUT2D eigenvalue weighted by atomic mass is 19.4. The highest BCUT2D eigenvalue weighted by Crippen LogP contribution is 2.67. The van der Waals surface area contributed by atoms with E-state index in [0.29, 0.717) is 36.5 Å². The molecule has 0 bridgehead atoms. The Labute approximate surface area is 188 Å². The molecule has 0 spiro atoms. The molecule has 6 heteroatoms. The maximum Gasteiger partial charge on any atom is 0.471 e. The maximum absolute atomic E-state index is 12.7. The van der Waals surface area contributed by atoms with Gasteiger partial charge in [-0.25, -0.2) is 0 Å². The number of rotatable bonds is 2. The first-order valence-corrected chi connectivity index (χ1v) is 12.1. The first kappa shape index (κ1) is 22.0. The molecule has 1 amide bonds. The molecule has 3 fully saturated rings. The summed E-state index contributed by atoms with van der Waals surface area (Å²) in [6.45, 7) is 4.83. The zero-order valence-corrected chi connectivity index (χ0v) is 18.9. The lowest BCUT2D eigenvalue weighted by Crippen LogP contribution is -2.55. The lowest BCUT2D eigenvalue weighted by atomic mass is 9.44. The molecule has 3 nitrogen and oxygen atoms in total. The third-order valence-corrected chi connectivity index (χ3v) is 9.81. The van der Waals surface area contributed by atoms with E-state index < -0.39 is 12.1 Å². The minimum Gasteiger partial charge on any atom is -0.346 e. The van der Waals surface area contributed by atoms with Crippen molar-refractivity contribution >= 4 is 11.5 Å². The minimum atomic E-state index is -4.80. The Kier molecular flexibility index (Phi) is 5.21. The molecule has 7 atom stereocenters. The van der Waals surface area contributed by atoms with Crippen LogP contribution >= 0.6 is 0 Å². The van der Waals surface area contributed by atoms with Crippen LogP contribution in [-0.2, 0) is 4.79 Å². The van der Waals surface area contributed by atoms with Crippen molar-refractivity contribution in [2.24, 2.45) is 34.5 Å². The lowest BCUT2D eigenvalue weighted by Gasteiger charge is -2.61. The van der Waals surface area contributed by atoms with Crippen LogP contribution in [0.2, 0.25) is 0 Å². The van der Waals surface area contributed by atoms with E-state index in [-0.39, 0.29) is 16.9 Å². The molecule has 3 saturated carbocycles. The number of amides is 1. The van der Waals surface area contributed by atoms with Gasteiger partial charge in [0.2, 0.25) is 0 Å². The molecule has 0 saturated heterocycles. The number of hydrogen-bond donors (Lipinski definition) is 1. The summed E-state index contributed by atoms with van der Waals surface area (Å²) >= 11 is 0. The summed E-state index contributed by atoms with van der Waals surface area (Å²) in [6.07, 6.45) is 9.38. The third-order valence-electron chi connectivity index (χ3n) is 9.81. The quantitative estimate of drug-likeness (QED) is 0.591. The number of carbonyl (C=O) groups is 1. The van der Waals surface area contributed by atoms with Crippen LogP contribution in [0, 0.1) is 34.5 Å². The van der Waals surface area contributed by atoms with Crippen LogP contribution in [0.15, 0.2) is 30.6 Å². The Morgan fingerprint density at radius 1 is 1.12 bits per heavy atom. The SMILES string of the molecule is C[C@]12CC[C@H](NC(=O)C(F)(F)F)CC1CC[C@@H]1[C@@H]2CC[C@]2(C)C(c3cccnc3)=CC[C@@H]12. The van der Waals surface area contributed by atoms with Crippen molar-refractivity contribution in [2.75, 3.05) is 0 Å². The van der Waals surface area contributed by atoms with E-state index in [2.05, 4.69) is 36.3 Å². The molecular formula is C26H33F3N2O. The summed E-state index contributed by atoms with van der Waals surface area (Å²) < 4.78 is 38.2. The van der Waals surface area contributed by atoms with Gasteiger partial charge in [0.1, 0.15) is 0 Å². The van der Waals surface area contributed by atoms with Gasteiger partial charge in [0.15, 0.2) is 0 Å². The van der Waals surface area contributed by atoms with Gasteiger partial charge in [-0.2, -0.15) is 13.2 Å². The molecule has 0 aliphatic heterocycles. The molecule has 4 aliphatic carbocycles. The Morgan fingerprint density at radius 3 is 2.66 bits per heavy atom. The van der Waals surface area contributed by atoms with Crippen LogP contribution in [0.5, 0.6) is 0 Å². The second kappa shape index (κ2) is 7.59. The molecule has 32 heavy (non-hydrogen) atoms. The minimum absolute atomic E-state index is 0.167. The zero-order chi connectivity index (χ0) is 22.7. The molecule has 1 unspecified atom stereocenters. The highest BCUT2D eigenvalue weighted by molar-refractivity contribution is 5.82. The fourth-order valence-corrected chi connectivity index (χ4v) is 8.19. The van der Waals surface area contributed by atoms with Crippen molar-refractivity contribution < 1.29 is 18.0 Å². The lowest BCUT2D eigenvalue weighted by molar-refractivity contribution is -0.175. The summed E-state index contributed by atoms with van der Waals surface area (Å²) in [4.78, 5) is 15.8. The molecule has 1 aromatic heterocycles. The van der Waals surface area contributed by atoms with E-state index in [1.165, 1.54) is 17.6 Å². The molecule has 5 rings (SSSR count). The fraction of sp³-hybridized carbons (Fsp3) is 0.692. The van der Waals surface area contributed by atoms with Crippen LogP contribution in [0.25, 0.3) is 5.57 Å². The van der Waals surface area contributed by atoms with Gasteiger partial charge in [-0.05, 0) is 103 Å². The van der Waals surface area contributed by atoms with Crippen LogP contribution in [0.4, 0.5) is 13.2 Å². The van der Waals surface area contributed by atoms with Gasteiger partial charge in [-0.15, -0.1) is 0 Å². The van der Waals surface area contributed by atoms with Crippen molar-refractivity contribution in [1.29, 1.82) is 0 Å². The Hall–Kier alpha value is -1.85. The summed E-state index contributed by atoms with van der Waals surface area (Å²) in [5.41, 5.74) is 3.06. The topological polar surface area (TPSA) is 42.0 Å². The number of fused-ring (bicyclic) bond motifs is 5.